The molecule has 7 nitrogen and oxygen atoms in total. The highest BCUT2D eigenvalue weighted by molar-refractivity contribution is 5.76. The van der Waals surface area contributed by atoms with E-state index in [9.17, 15) is 0 Å². The van der Waals surface area contributed by atoms with Gasteiger partial charge in [0, 0.05) is 32.9 Å². The molecule has 2 aromatic heterocycles. The third-order valence-electron chi connectivity index (χ3n) is 6.26. The first-order chi connectivity index (χ1) is 13.8. The minimum atomic E-state index is 0.214. The lowest BCUT2D eigenvalue weighted by Crippen LogP contribution is -2.44. The Kier molecular flexibility index (Phi) is 4.70. The van der Waals surface area contributed by atoms with Crippen LogP contribution in [0.15, 0.2) is 47.2 Å². The highest BCUT2D eigenvalue weighted by Crippen LogP contribution is 2.39. The second-order valence-electron chi connectivity index (χ2n) is 7.97. The predicted octanol–water partition coefficient (Wildman–Crippen LogP) is 2.96. The van der Waals surface area contributed by atoms with Crippen LogP contribution in [0, 0.1) is 11.8 Å². The van der Waals surface area contributed by atoms with Crippen molar-refractivity contribution in [1.29, 1.82) is 0 Å². The third-order valence-corrected chi connectivity index (χ3v) is 6.26. The number of likely N-dealkylation sites (tertiary alicyclic amines) is 1. The van der Waals surface area contributed by atoms with Crippen molar-refractivity contribution >= 4 is 16.9 Å². The molecule has 1 aromatic carbocycles. The molecule has 2 fully saturated rings. The lowest BCUT2D eigenvalue weighted by Gasteiger charge is -2.37. The molecule has 2 aliphatic rings. The molecule has 1 saturated heterocycles. The second-order valence-corrected chi connectivity index (χ2v) is 7.97. The number of pyridine rings is 1. The number of anilines is 1. The van der Waals surface area contributed by atoms with Crippen molar-refractivity contribution < 1.29 is 9.37 Å². The summed E-state index contributed by atoms with van der Waals surface area (Å²) in [6.45, 7) is 3.08. The van der Waals surface area contributed by atoms with Gasteiger partial charge in [0.05, 0.1) is 12.1 Å². The Balaban J connectivity index is 1.28. The van der Waals surface area contributed by atoms with E-state index in [1.54, 1.807) is 0 Å². The Morgan fingerprint density at radius 1 is 1.11 bits per heavy atom. The summed E-state index contributed by atoms with van der Waals surface area (Å²) >= 11 is 0. The summed E-state index contributed by atoms with van der Waals surface area (Å²) in [5.41, 5.74) is 2.89. The molecule has 1 aliphatic heterocycles. The van der Waals surface area contributed by atoms with Gasteiger partial charge in [-0.1, -0.05) is 18.2 Å². The molecule has 0 amide bonds. The maximum absolute atomic E-state index is 5.85. The average molecular weight is 379 g/mol. The molecule has 0 unspecified atom stereocenters. The van der Waals surface area contributed by atoms with Gasteiger partial charge in [-0.05, 0) is 58.8 Å². The van der Waals surface area contributed by atoms with Gasteiger partial charge in [0.15, 0.2) is 0 Å². The average Bonchev–Trinajstić information content (AvgIpc) is 3.35. The van der Waals surface area contributed by atoms with Crippen molar-refractivity contribution in [3.63, 3.8) is 0 Å². The summed E-state index contributed by atoms with van der Waals surface area (Å²) in [5, 5.41) is 11.6. The van der Waals surface area contributed by atoms with E-state index in [1.165, 1.54) is 5.56 Å². The molecule has 3 aromatic rings. The maximum atomic E-state index is 5.85. The largest absolute Gasteiger partial charge is 0.379 e. The second kappa shape index (κ2) is 7.48. The zero-order chi connectivity index (χ0) is 18.9. The van der Waals surface area contributed by atoms with E-state index in [4.69, 9.17) is 9.37 Å². The number of nitrogens with zero attached hydrogens (tertiary/aromatic N) is 4. The number of hydrogen-bond acceptors (Lipinski definition) is 7. The first kappa shape index (κ1) is 17.6. The quantitative estimate of drug-likeness (QED) is 0.730. The number of aromatic nitrogens is 3. The lowest BCUT2D eigenvalue weighted by atomic mass is 9.77. The molecule has 146 valence electrons. The van der Waals surface area contributed by atoms with Gasteiger partial charge in [0.2, 0.25) is 0 Å². The van der Waals surface area contributed by atoms with Gasteiger partial charge in [0.25, 0.3) is 0 Å². The highest BCUT2D eigenvalue weighted by Gasteiger charge is 2.42. The first-order valence-corrected chi connectivity index (χ1v) is 9.93. The van der Waals surface area contributed by atoms with Gasteiger partial charge in [-0.3, -0.25) is 4.90 Å². The number of benzene rings is 1. The van der Waals surface area contributed by atoms with Gasteiger partial charge in [-0.25, -0.2) is 9.61 Å². The molecule has 1 N–H and O–H groups in total. The summed E-state index contributed by atoms with van der Waals surface area (Å²) in [6, 6.07) is 12.4. The lowest BCUT2D eigenvalue weighted by molar-refractivity contribution is 0.0304. The molecular formula is C21H25N5O2. The Labute approximate surface area is 164 Å². The zero-order valence-electron chi connectivity index (χ0n) is 16.0. The fraction of sp³-hybridized carbons (Fsp3) is 0.476. The van der Waals surface area contributed by atoms with E-state index < -0.39 is 0 Å². The summed E-state index contributed by atoms with van der Waals surface area (Å²) in [6.07, 6.45) is 4.22. The first-order valence-electron chi connectivity index (χ1n) is 9.93. The van der Waals surface area contributed by atoms with Crippen LogP contribution in [0.1, 0.15) is 18.4 Å². The van der Waals surface area contributed by atoms with Gasteiger partial charge >= 0.3 is 0 Å². The predicted molar refractivity (Wildman–Crippen MR) is 106 cm³/mol. The fourth-order valence-corrected chi connectivity index (χ4v) is 4.92. The van der Waals surface area contributed by atoms with Crippen LogP contribution in [0.4, 0.5) is 5.82 Å². The van der Waals surface area contributed by atoms with Crippen LogP contribution in [0.3, 0.4) is 0 Å². The number of ether oxygens (including phenoxy) is 1. The van der Waals surface area contributed by atoms with E-state index in [-0.39, 0.29) is 6.10 Å². The van der Waals surface area contributed by atoms with Gasteiger partial charge in [-0.15, -0.1) is 0 Å². The van der Waals surface area contributed by atoms with Gasteiger partial charge in [-0.2, -0.15) is 0 Å². The van der Waals surface area contributed by atoms with E-state index in [0.717, 1.165) is 49.3 Å². The minimum absolute atomic E-state index is 0.214. The van der Waals surface area contributed by atoms with Crippen LogP contribution in [-0.4, -0.2) is 52.5 Å². The number of methoxy groups -OCH3 is 1. The number of hydrogen-bond donors (Lipinski definition) is 1. The van der Waals surface area contributed by atoms with Gasteiger partial charge < -0.3 is 10.1 Å². The molecule has 0 spiro atoms. The molecule has 1 aliphatic carbocycles. The van der Waals surface area contributed by atoms with Crippen molar-refractivity contribution in [2.24, 2.45) is 11.8 Å². The smallest absolute Gasteiger partial charge is 0.139 e. The zero-order valence-corrected chi connectivity index (χ0v) is 16.0. The van der Waals surface area contributed by atoms with Crippen molar-refractivity contribution in [3.05, 3.63) is 48.2 Å². The molecule has 4 atom stereocenters. The third kappa shape index (κ3) is 3.36. The summed E-state index contributed by atoms with van der Waals surface area (Å²) in [4.78, 5) is 6.96. The Hall–Kier alpha value is -2.51. The van der Waals surface area contributed by atoms with E-state index >= 15 is 0 Å². The topological polar surface area (TPSA) is 76.3 Å². The minimum Gasteiger partial charge on any atom is -0.379 e. The van der Waals surface area contributed by atoms with Crippen LogP contribution < -0.4 is 5.32 Å². The van der Waals surface area contributed by atoms with Crippen LogP contribution in [0.5, 0.6) is 0 Å². The normalized spacial score (nSPS) is 27.8. The van der Waals surface area contributed by atoms with Crippen LogP contribution in [0.25, 0.3) is 11.0 Å². The Morgan fingerprint density at radius 3 is 2.82 bits per heavy atom. The monoisotopic (exact) mass is 379 g/mol. The Bertz CT molecular complexity index is 931. The van der Waals surface area contributed by atoms with Crippen molar-refractivity contribution in [1.82, 2.24) is 20.2 Å². The molecule has 3 heterocycles. The van der Waals surface area contributed by atoms with Crippen molar-refractivity contribution in [2.45, 2.75) is 31.5 Å². The number of rotatable bonds is 5. The molecule has 0 bridgehead atoms. The van der Waals surface area contributed by atoms with E-state index in [0.29, 0.717) is 17.9 Å². The maximum Gasteiger partial charge on any atom is 0.139 e. The molecule has 7 heteroatoms. The molecule has 1 saturated carbocycles. The Morgan fingerprint density at radius 2 is 2.00 bits per heavy atom. The fourth-order valence-electron chi connectivity index (χ4n) is 4.92. The molecule has 0 radical (unpaired) electrons. The number of fused-ring (bicyclic) bond motifs is 2. The molecule has 5 rings (SSSR count). The van der Waals surface area contributed by atoms with E-state index in [1.807, 2.05) is 43.6 Å². The summed E-state index contributed by atoms with van der Waals surface area (Å²) in [7, 11) is 1.82. The standard InChI is InChI=1S/C21H25N5O2/c1-27-19-10-16-13-26(11-14-5-4-6-17-21(14)25-28-24-17)12-15(16)9-18(19)23-20-7-2-3-8-22-20/h2-8,15-16,18-19H,9-13H2,1H3,(H,22,23)/t15-,16+,18-,19-/m1/s1. The summed E-state index contributed by atoms with van der Waals surface area (Å²) < 4.78 is 10.8. The van der Waals surface area contributed by atoms with Crippen LogP contribution in [0.2, 0.25) is 0 Å². The van der Waals surface area contributed by atoms with Gasteiger partial charge in [0.1, 0.15) is 16.9 Å². The van der Waals surface area contributed by atoms with Crippen LogP contribution >= 0.6 is 0 Å². The molecule has 28 heavy (non-hydrogen) atoms. The molecular weight excluding hydrogens is 354 g/mol. The van der Waals surface area contributed by atoms with Crippen molar-refractivity contribution in [3.8, 4) is 0 Å². The highest BCUT2D eigenvalue weighted by atomic mass is 16.6. The number of nitrogens with one attached hydrogen (secondary N) is 1. The SMILES string of the molecule is CO[C@@H]1C[C@H]2CN(Cc3cccc4nonc34)C[C@H]2C[C@H]1Nc1ccccn1. The van der Waals surface area contributed by atoms with Crippen LogP contribution in [-0.2, 0) is 11.3 Å². The summed E-state index contributed by atoms with van der Waals surface area (Å²) in [5.74, 6) is 2.26. The van der Waals surface area contributed by atoms with Crippen molar-refractivity contribution in [2.75, 3.05) is 25.5 Å². The van der Waals surface area contributed by atoms with E-state index in [2.05, 4.69) is 31.6 Å².